The van der Waals surface area contributed by atoms with Gasteiger partial charge in [0.05, 0.1) is 0 Å². The fourth-order valence-electron chi connectivity index (χ4n) is 2.36. The number of benzene rings is 2. The van der Waals surface area contributed by atoms with Crippen LogP contribution in [0.5, 0.6) is 0 Å². The fraction of sp³-hybridized carbons (Fsp3) is 0.286. The Morgan fingerprint density at radius 3 is 2.27 bits per heavy atom. The van der Waals surface area contributed by atoms with E-state index in [0.29, 0.717) is 0 Å². The molecule has 2 aromatic rings. The van der Waals surface area contributed by atoms with Crippen molar-refractivity contribution in [1.82, 2.24) is 0 Å². The van der Waals surface area contributed by atoms with Crippen LogP contribution in [0.25, 0.3) is 6.08 Å². The molecule has 0 aliphatic heterocycles. The molecule has 2 rings (SSSR count). The number of carbonyl (C=O) groups is 1. The maximum absolute atomic E-state index is 12.2. The second-order valence-electron chi connectivity index (χ2n) is 5.76. The molecule has 0 saturated carbocycles. The smallest absolute Gasteiger partial charge is 0.185 e. The second kappa shape index (κ2) is 8.33. The molecule has 1 nitrogen and oxygen atoms in total. The van der Waals surface area contributed by atoms with E-state index in [2.05, 4.69) is 38.1 Å². The highest BCUT2D eigenvalue weighted by Crippen LogP contribution is 2.11. The number of hydrogen-bond acceptors (Lipinski definition) is 1. The fourth-order valence-corrected chi connectivity index (χ4v) is 2.36. The minimum Gasteiger partial charge on any atom is -0.289 e. The van der Waals surface area contributed by atoms with Crippen molar-refractivity contribution in [2.45, 2.75) is 39.5 Å². The Labute approximate surface area is 133 Å². The molecule has 0 amide bonds. The van der Waals surface area contributed by atoms with Gasteiger partial charge >= 0.3 is 0 Å². The van der Waals surface area contributed by atoms with Gasteiger partial charge in [-0.2, -0.15) is 0 Å². The predicted octanol–water partition coefficient (Wildman–Crippen LogP) is 5.62. The Morgan fingerprint density at radius 1 is 0.955 bits per heavy atom. The van der Waals surface area contributed by atoms with Gasteiger partial charge in [-0.3, -0.25) is 4.79 Å². The summed E-state index contributed by atoms with van der Waals surface area (Å²) in [7, 11) is 0. The van der Waals surface area contributed by atoms with E-state index in [-0.39, 0.29) is 5.78 Å². The van der Waals surface area contributed by atoms with Gasteiger partial charge in [-0.1, -0.05) is 79.9 Å². The first kappa shape index (κ1) is 16.2. The lowest BCUT2D eigenvalue weighted by molar-refractivity contribution is 0.104. The van der Waals surface area contributed by atoms with Crippen LogP contribution < -0.4 is 0 Å². The van der Waals surface area contributed by atoms with E-state index in [1.165, 1.54) is 30.4 Å². The molecule has 1 heteroatoms. The van der Waals surface area contributed by atoms with Gasteiger partial charge in [0.25, 0.3) is 0 Å². The summed E-state index contributed by atoms with van der Waals surface area (Å²) in [6.45, 7) is 4.27. The Balaban J connectivity index is 1.96. The highest BCUT2D eigenvalue weighted by Gasteiger charge is 2.02. The quantitative estimate of drug-likeness (QED) is 0.367. The normalized spacial score (nSPS) is 11.0. The number of rotatable bonds is 7. The average molecular weight is 292 g/mol. The summed E-state index contributed by atoms with van der Waals surface area (Å²) in [5.41, 5.74) is 4.34. The summed E-state index contributed by atoms with van der Waals surface area (Å²) in [5.74, 6) is 0.0562. The van der Waals surface area contributed by atoms with Crippen molar-refractivity contribution in [2.24, 2.45) is 0 Å². The first-order valence-electron chi connectivity index (χ1n) is 8.07. The van der Waals surface area contributed by atoms with Crippen molar-refractivity contribution in [2.75, 3.05) is 0 Å². The van der Waals surface area contributed by atoms with Gasteiger partial charge in [0.2, 0.25) is 0 Å². The number of ketones is 1. The number of carbonyl (C=O) groups excluding carboxylic acids is 1. The van der Waals surface area contributed by atoms with Crippen LogP contribution in [0.15, 0.2) is 54.6 Å². The van der Waals surface area contributed by atoms with Gasteiger partial charge in [-0.05, 0) is 37.0 Å². The van der Waals surface area contributed by atoms with E-state index in [1.54, 1.807) is 6.08 Å². The van der Waals surface area contributed by atoms with Crippen LogP contribution >= 0.6 is 0 Å². The van der Waals surface area contributed by atoms with E-state index >= 15 is 0 Å². The average Bonchev–Trinajstić information content (AvgIpc) is 2.55. The zero-order chi connectivity index (χ0) is 15.8. The lowest BCUT2D eigenvalue weighted by Gasteiger charge is -2.02. The van der Waals surface area contributed by atoms with Crippen molar-refractivity contribution >= 4 is 11.9 Å². The molecule has 0 bridgehead atoms. The molecular formula is C21H24O. The third-order valence-electron chi connectivity index (χ3n) is 3.81. The molecule has 0 spiro atoms. The van der Waals surface area contributed by atoms with E-state index in [0.717, 1.165) is 17.5 Å². The lowest BCUT2D eigenvalue weighted by atomic mass is 10.0. The molecule has 0 unspecified atom stereocenters. The van der Waals surface area contributed by atoms with Crippen LogP contribution in [0.4, 0.5) is 0 Å². The molecule has 22 heavy (non-hydrogen) atoms. The molecule has 0 saturated heterocycles. The molecule has 0 fully saturated rings. The van der Waals surface area contributed by atoms with E-state index in [9.17, 15) is 4.79 Å². The number of aryl methyl sites for hydroxylation is 2. The summed E-state index contributed by atoms with van der Waals surface area (Å²) >= 11 is 0. The minimum absolute atomic E-state index is 0.0562. The van der Waals surface area contributed by atoms with Crippen molar-refractivity contribution in [3.63, 3.8) is 0 Å². The summed E-state index contributed by atoms with van der Waals surface area (Å²) in [6, 6.07) is 16.2. The van der Waals surface area contributed by atoms with Crippen molar-refractivity contribution in [3.8, 4) is 0 Å². The van der Waals surface area contributed by atoms with Crippen LogP contribution in [0.2, 0.25) is 0 Å². The maximum atomic E-state index is 12.2. The van der Waals surface area contributed by atoms with Crippen LogP contribution in [0.1, 0.15) is 53.2 Å². The maximum Gasteiger partial charge on any atom is 0.185 e. The predicted molar refractivity (Wildman–Crippen MR) is 94.2 cm³/mol. The molecule has 0 N–H and O–H groups in total. The number of hydrogen-bond donors (Lipinski definition) is 0. The van der Waals surface area contributed by atoms with Crippen LogP contribution in [0.3, 0.4) is 0 Å². The summed E-state index contributed by atoms with van der Waals surface area (Å²) in [5, 5.41) is 0. The SMILES string of the molecule is CCCCCc1ccc(C(=O)C=Cc2ccc(C)cc2)cc1. The third kappa shape index (κ3) is 5.00. The third-order valence-corrected chi connectivity index (χ3v) is 3.81. The molecule has 0 atom stereocenters. The van der Waals surface area contributed by atoms with Crippen molar-refractivity contribution < 1.29 is 4.79 Å². The Bertz CT molecular complexity index is 618. The van der Waals surface area contributed by atoms with E-state index in [4.69, 9.17) is 0 Å². The zero-order valence-electron chi connectivity index (χ0n) is 13.5. The van der Waals surface area contributed by atoms with Gasteiger partial charge in [0.15, 0.2) is 5.78 Å². The molecule has 0 heterocycles. The van der Waals surface area contributed by atoms with Gasteiger partial charge in [-0.15, -0.1) is 0 Å². The summed E-state index contributed by atoms with van der Waals surface area (Å²) < 4.78 is 0. The molecule has 0 aliphatic rings. The standard InChI is InChI=1S/C21H24O/c1-3-4-5-6-18-11-14-20(15-12-18)21(22)16-13-19-9-7-17(2)8-10-19/h7-16H,3-6H2,1-2H3. The molecule has 2 aromatic carbocycles. The number of unbranched alkanes of at least 4 members (excludes halogenated alkanes) is 2. The molecule has 114 valence electrons. The van der Waals surface area contributed by atoms with Crippen LogP contribution in [0, 0.1) is 6.92 Å². The highest BCUT2D eigenvalue weighted by atomic mass is 16.1. The van der Waals surface area contributed by atoms with Gasteiger partial charge in [0.1, 0.15) is 0 Å². The van der Waals surface area contributed by atoms with Gasteiger partial charge < -0.3 is 0 Å². The highest BCUT2D eigenvalue weighted by molar-refractivity contribution is 6.06. The Kier molecular flexibility index (Phi) is 6.14. The second-order valence-corrected chi connectivity index (χ2v) is 5.76. The van der Waals surface area contributed by atoms with Crippen molar-refractivity contribution in [1.29, 1.82) is 0 Å². The molecule has 0 aromatic heterocycles. The zero-order valence-corrected chi connectivity index (χ0v) is 13.5. The molecule has 0 radical (unpaired) electrons. The summed E-state index contributed by atoms with van der Waals surface area (Å²) in [4.78, 5) is 12.2. The first-order valence-corrected chi connectivity index (χ1v) is 8.07. The summed E-state index contributed by atoms with van der Waals surface area (Å²) in [6.07, 6.45) is 8.34. The monoisotopic (exact) mass is 292 g/mol. The van der Waals surface area contributed by atoms with Crippen LogP contribution in [-0.2, 0) is 6.42 Å². The van der Waals surface area contributed by atoms with Crippen LogP contribution in [-0.4, -0.2) is 5.78 Å². The largest absolute Gasteiger partial charge is 0.289 e. The molecule has 0 aliphatic carbocycles. The van der Waals surface area contributed by atoms with Gasteiger partial charge in [0, 0.05) is 5.56 Å². The minimum atomic E-state index is 0.0562. The van der Waals surface area contributed by atoms with E-state index in [1.807, 2.05) is 30.3 Å². The molecular weight excluding hydrogens is 268 g/mol. The first-order chi connectivity index (χ1) is 10.7. The van der Waals surface area contributed by atoms with E-state index < -0.39 is 0 Å². The van der Waals surface area contributed by atoms with Gasteiger partial charge in [-0.25, -0.2) is 0 Å². The Hall–Kier alpha value is -2.15. The topological polar surface area (TPSA) is 17.1 Å². The lowest BCUT2D eigenvalue weighted by Crippen LogP contribution is -1.95. The Morgan fingerprint density at radius 2 is 1.64 bits per heavy atom. The van der Waals surface area contributed by atoms with Crippen molar-refractivity contribution in [3.05, 3.63) is 76.9 Å². The number of allylic oxidation sites excluding steroid dienone is 1.